The lowest BCUT2D eigenvalue weighted by molar-refractivity contribution is -0.144. The van der Waals surface area contributed by atoms with Crippen LogP contribution >= 0.6 is 0 Å². The second-order valence-corrected chi connectivity index (χ2v) is 9.92. The number of amides is 3. The van der Waals surface area contributed by atoms with Crippen LogP contribution in [-0.2, 0) is 14.3 Å². The Balaban J connectivity index is 2.48. The van der Waals surface area contributed by atoms with E-state index < -0.39 is 48.2 Å². The van der Waals surface area contributed by atoms with Crippen molar-refractivity contribution in [1.29, 1.82) is 0 Å². The highest BCUT2D eigenvalue weighted by molar-refractivity contribution is 5.99. The van der Waals surface area contributed by atoms with E-state index in [1.165, 1.54) is 4.90 Å². The van der Waals surface area contributed by atoms with E-state index in [9.17, 15) is 19.5 Å². The van der Waals surface area contributed by atoms with Crippen molar-refractivity contribution in [3.05, 3.63) is 59.7 Å². The number of carbonyl (C=O) groups is 3. The van der Waals surface area contributed by atoms with Crippen LogP contribution in [0.15, 0.2) is 48.5 Å². The molecule has 3 unspecified atom stereocenters. The number of anilines is 1. The Morgan fingerprint density at radius 3 is 2.24 bits per heavy atom. The maximum Gasteiger partial charge on any atom is 0.408 e. The summed E-state index contributed by atoms with van der Waals surface area (Å²) < 4.78 is 10.5. The molecule has 3 amide bonds. The van der Waals surface area contributed by atoms with E-state index in [0.29, 0.717) is 23.4 Å². The van der Waals surface area contributed by atoms with Crippen LogP contribution in [0.25, 0.3) is 0 Å². The molecule has 0 radical (unpaired) electrons. The first-order valence-electron chi connectivity index (χ1n) is 12.3. The summed E-state index contributed by atoms with van der Waals surface area (Å²) >= 11 is 0. The standard InChI is InChI=1S/C28H39N3O6/c1-8-19(3)31(26(34)23(17-32)30-27(35)37-28(4,5)6)24(20-11-9-10-18(2)16-20)25(33)29-21-12-14-22(36-7)15-13-21/h9-16,19,23-24,32H,8,17H2,1-7H3,(H,29,33)(H,30,35). The number of methoxy groups -OCH3 is 1. The van der Waals surface area contributed by atoms with Crippen molar-refractivity contribution in [1.82, 2.24) is 10.2 Å². The molecule has 3 N–H and O–H groups in total. The van der Waals surface area contributed by atoms with Gasteiger partial charge >= 0.3 is 6.09 Å². The Hall–Kier alpha value is -3.59. The topological polar surface area (TPSA) is 117 Å². The smallest absolute Gasteiger partial charge is 0.408 e. The Morgan fingerprint density at radius 2 is 1.73 bits per heavy atom. The van der Waals surface area contributed by atoms with Crippen LogP contribution in [0, 0.1) is 6.92 Å². The maximum absolute atomic E-state index is 13.8. The van der Waals surface area contributed by atoms with E-state index in [1.54, 1.807) is 58.2 Å². The summed E-state index contributed by atoms with van der Waals surface area (Å²) in [5.41, 5.74) is 1.27. The summed E-state index contributed by atoms with van der Waals surface area (Å²) in [6, 6.07) is 11.5. The summed E-state index contributed by atoms with van der Waals surface area (Å²) in [6.07, 6.45) is -0.298. The molecule has 0 aliphatic carbocycles. The fourth-order valence-electron chi connectivity index (χ4n) is 3.77. The number of aryl methyl sites for hydroxylation is 1. The summed E-state index contributed by atoms with van der Waals surface area (Å²) in [4.78, 5) is 41.4. The van der Waals surface area contributed by atoms with E-state index in [-0.39, 0.29) is 0 Å². The molecule has 37 heavy (non-hydrogen) atoms. The lowest BCUT2D eigenvalue weighted by atomic mass is 9.98. The molecule has 0 heterocycles. The van der Waals surface area contributed by atoms with Gasteiger partial charge in [-0.15, -0.1) is 0 Å². The lowest BCUT2D eigenvalue weighted by Gasteiger charge is -2.38. The third-order valence-corrected chi connectivity index (χ3v) is 5.73. The van der Waals surface area contributed by atoms with Crippen LogP contribution < -0.4 is 15.4 Å². The van der Waals surface area contributed by atoms with E-state index in [1.807, 2.05) is 39.0 Å². The molecule has 0 bridgehead atoms. The van der Waals surface area contributed by atoms with Crippen LogP contribution in [0.2, 0.25) is 0 Å². The van der Waals surface area contributed by atoms with Gasteiger partial charge in [-0.25, -0.2) is 4.79 Å². The number of nitrogens with one attached hydrogen (secondary N) is 2. The quantitative estimate of drug-likeness (QED) is 0.438. The van der Waals surface area contributed by atoms with Crippen LogP contribution in [0.3, 0.4) is 0 Å². The minimum atomic E-state index is -1.30. The van der Waals surface area contributed by atoms with Gasteiger partial charge in [-0.05, 0) is 70.9 Å². The molecule has 202 valence electrons. The van der Waals surface area contributed by atoms with Gasteiger partial charge < -0.3 is 30.1 Å². The summed E-state index contributed by atoms with van der Waals surface area (Å²) in [7, 11) is 1.56. The molecule has 0 saturated carbocycles. The van der Waals surface area contributed by atoms with Crippen molar-refractivity contribution in [2.75, 3.05) is 19.0 Å². The van der Waals surface area contributed by atoms with Gasteiger partial charge in [0.15, 0.2) is 0 Å². The predicted molar refractivity (Wildman–Crippen MR) is 142 cm³/mol. The van der Waals surface area contributed by atoms with Crippen LogP contribution in [0.1, 0.15) is 58.2 Å². The molecule has 9 nitrogen and oxygen atoms in total. The van der Waals surface area contributed by atoms with Crippen molar-refractivity contribution in [3.63, 3.8) is 0 Å². The first-order chi connectivity index (χ1) is 17.4. The number of hydrogen-bond donors (Lipinski definition) is 3. The second kappa shape index (κ2) is 13.1. The Morgan fingerprint density at radius 1 is 1.08 bits per heavy atom. The Kier molecular flexibility index (Phi) is 10.5. The minimum absolute atomic E-state index is 0.394. The zero-order valence-corrected chi connectivity index (χ0v) is 22.7. The van der Waals surface area contributed by atoms with Crippen molar-refractivity contribution in [2.45, 2.75) is 71.7 Å². The molecular weight excluding hydrogens is 474 g/mol. The highest BCUT2D eigenvalue weighted by Gasteiger charge is 2.38. The summed E-state index contributed by atoms with van der Waals surface area (Å²) in [6.45, 7) is 10.1. The summed E-state index contributed by atoms with van der Waals surface area (Å²) in [5.74, 6) is -0.388. The van der Waals surface area contributed by atoms with Crippen LogP contribution in [0.4, 0.5) is 10.5 Å². The fourth-order valence-corrected chi connectivity index (χ4v) is 3.77. The lowest BCUT2D eigenvalue weighted by Crippen LogP contribution is -2.56. The largest absolute Gasteiger partial charge is 0.497 e. The minimum Gasteiger partial charge on any atom is -0.497 e. The van der Waals surface area contributed by atoms with Gasteiger partial charge in [-0.3, -0.25) is 9.59 Å². The van der Waals surface area contributed by atoms with E-state index in [4.69, 9.17) is 9.47 Å². The van der Waals surface area contributed by atoms with E-state index >= 15 is 0 Å². The molecule has 0 fully saturated rings. The zero-order valence-electron chi connectivity index (χ0n) is 22.7. The van der Waals surface area contributed by atoms with Gasteiger partial charge in [0.2, 0.25) is 5.91 Å². The highest BCUT2D eigenvalue weighted by atomic mass is 16.6. The average molecular weight is 514 g/mol. The van der Waals surface area contributed by atoms with Crippen molar-refractivity contribution >= 4 is 23.6 Å². The number of carbonyl (C=O) groups excluding carboxylic acids is 3. The SMILES string of the molecule is CCC(C)N(C(=O)C(CO)NC(=O)OC(C)(C)C)C(C(=O)Nc1ccc(OC)cc1)c1cccc(C)c1. The van der Waals surface area contributed by atoms with E-state index in [0.717, 1.165) is 5.56 Å². The number of aliphatic hydroxyl groups excluding tert-OH is 1. The molecule has 2 rings (SSSR count). The summed E-state index contributed by atoms with van der Waals surface area (Å²) in [5, 5.41) is 15.4. The molecule has 0 spiro atoms. The molecular formula is C28H39N3O6. The van der Waals surface area contributed by atoms with Crippen molar-refractivity contribution in [3.8, 4) is 5.75 Å². The number of rotatable bonds is 10. The number of benzene rings is 2. The Bertz CT molecular complexity index is 1060. The number of alkyl carbamates (subject to hydrolysis) is 1. The zero-order chi connectivity index (χ0) is 27.8. The van der Waals surface area contributed by atoms with Gasteiger partial charge in [-0.1, -0.05) is 36.8 Å². The normalized spacial score (nSPS) is 13.6. The molecule has 3 atom stereocenters. The first-order valence-corrected chi connectivity index (χ1v) is 12.3. The second-order valence-electron chi connectivity index (χ2n) is 9.92. The molecule has 0 aromatic heterocycles. The third-order valence-electron chi connectivity index (χ3n) is 5.73. The Labute approximate surface area is 219 Å². The maximum atomic E-state index is 13.8. The molecule has 0 saturated heterocycles. The number of nitrogens with zero attached hydrogens (tertiary/aromatic N) is 1. The number of ether oxygens (including phenoxy) is 2. The monoisotopic (exact) mass is 513 g/mol. The van der Waals surface area contributed by atoms with Crippen LogP contribution in [-0.4, -0.2) is 59.3 Å². The number of hydrogen-bond acceptors (Lipinski definition) is 6. The highest BCUT2D eigenvalue weighted by Crippen LogP contribution is 2.28. The number of aliphatic hydroxyl groups is 1. The van der Waals surface area contributed by atoms with Crippen molar-refractivity contribution < 1.29 is 29.0 Å². The average Bonchev–Trinajstić information content (AvgIpc) is 2.84. The van der Waals surface area contributed by atoms with Gasteiger partial charge in [0.25, 0.3) is 5.91 Å². The molecule has 2 aromatic carbocycles. The van der Waals surface area contributed by atoms with Gasteiger partial charge in [0, 0.05) is 11.7 Å². The molecule has 0 aliphatic heterocycles. The molecule has 2 aromatic rings. The van der Waals surface area contributed by atoms with Gasteiger partial charge in [0.1, 0.15) is 23.4 Å². The fraction of sp³-hybridized carbons (Fsp3) is 0.464. The third kappa shape index (κ3) is 8.49. The van der Waals surface area contributed by atoms with E-state index in [2.05, 4.69) is 10.6 Å². The molecule has 0 aliphatic rings. The van der Waals surface area contributed by atoms with Gasteiger partial charge in [0.05, 0.1) is 13.7 Å². The predicted octanol–water partition coefficient (Wildman–Crippen LogP) is 4.20. The van der Waals surface area contributed by atoms with Gasteiger partial charge in [-0.2, -0.15) is 0 Å². The molecule has 9 heteroatoms. The van der Waals surface area contributed by atoms with Crippen molar-refractivity contribution in [2.24, 2.45) is 0 Å². The van der Waals surface area contributed by atoms with Crippen LogP contribution in [0.5, 0.6) is 5.75 Å². The first kappa shape index (κ1) is 29.6.